The summed E-state index contributed by atoms with van der Waals surface area (Å²) in [5.74, 6) is 1.57. The van der Waals surface area contributed by atoms with E-state index in [1.54, 1.807) is 0 Å². The molecule has 2 heteroatoms. The van der Waals surface area contributed by atoms with E-state index in [-0.39, 0.29) is 0 Å². The molecule has 0 aromatic heterocycles. The lowest BCUT2D eigenvalue weighted by atomic mass is 10.0. The first-order chi connectivity index (χ1) is 8.00. The largest absolute Gasteiger partial charge is 0.493 e. The highest BCUT2D eigenvalue weighted by molar-refractivity contribution is 5.39. The van der Waals surface area contributed by atoms with Crippen LogP contribution in [0.5, 0.6) is 5.75 Å². The maximum absolute atomic E-state index is 5.90. The Labute approximate surface area is 106 Å². The molecular formula is C15H25NO. The van der Waals surface area contributed by atoms with Crippen molar-refractivity contribution in [2.75, 3.05) is 27.2 Å². The topological polar surface area (TPSA) is 12.5 Å². The van der Waals surface area contributed by atoms with Gasteiger partial charge in [0.1, 0.15) is 5.75 Å². The first-order valence-corrected chi connectivity index (χ1v) is 6.38. The standard InChI is InChI=1S/C15H25NO/c1-12(2)14-8-7-13(3)11-15(14)17-10-6-9-16(4)5/h7-8,11-12H,6,9-10H2,1-5H3. The van der Waals surface area contributed by atoms with Crippen molar-refractivity contribution in [2.24, 2.45) is 0 Å². The number of rotatable bonds is 6. The normalized spacial score (nSPS) is 11.2. The van der Waals surface area contributed by atoms with Crippen LogP contribution in [-0.4, -0.2) is 32.1 Å². The molecule has 0 radical (unpaired) electrons. The van der Waals surface area contributed by atoms with Crippen LogP contribution in [0.1, 0.15) is 37.3 Å². The third-order valence-electron chi connectivity index (χ3n) is 2.80. The summed E-state index contributed by atoms with van der Waals surface area (Å²) in [6.07, 6.45) is 1.07. The number of ether oxygens (including phenoxy) is 1. The van der Waals surface area contributed by atoms with Gasteiger partial charge in [0.05, 0.1) is 6.61 Å². The van der Waals surface area contributed by atoms with Crippen LogP contribution in [0.25, 0.3) is 0 Å². The first kappa shape index (κ1) is 14.0. The lowest BCUT2D eigenvalue weighted by Gasteiger charge is -2.15. The van der Waals surface area contributed by atoms with Crippen molar-refractivity contribution in [3.8, 4) is 5.75 Å². The molecule has 0 heterocycles. The molecule has 0 N–H and O–H groups in total. The van der Waals surface area contributed by atoms with Gasteiger partial charge in [0.2, 0.25) is 0 Å². The SMILES string of the molecule is Cc1ccc(C(C)C)c(OCCCN(C)C)c1. The highest BCUT2D eigenvalue weighted by atomic mass is 16.5. The summed E-state index contributed by atoms with van der Waals surface area (Å²) in [4.78, 5) is 2.18. The molecule has 17 heavy (non-hydrogen) atoms. The van der Waals surface area contributed by atoms with Crippen LogP contribution in [0.3, 0.4) is 0 Å². The second-order valence-electron chi connectivity index (χ2n) is 5.20. The second-order valence-corrected chi connectivity index (χ2v) is 5.20. The van der Waals surface area contributed by atoms with Crippen LogP contribution >= 0.6 is 0 Å². The minimum Gasteiger partial charge on any atom is -0.493 e. The van der Waals surface area contributed by atoms with E-state index in [9.17, 15) is 0 Å². The summed E-state index contributed by atoms with van der Waals surface area (Å²) < 4.78 is 5.90. The van der Waals surface area contributed by atoms with Crippen LogP contribution < -0.4 is 4.74 Å². The third-order valence-corrected chi connectivity index (χ3v) is 2.80. The Morgan fingerprint density at radius 3 is 2.53 bits per heavy atom. The van der Waals surface area contributed by atoms with Gasteiger partial charge in [0.25, 0.3) is 0 Å². The van der Waals surface area contributed by atoms with E-state index in [1.165, 1.54) is 11.1 Å². The van der Waals surface area contributed by atoms with Crippen LogP contribution in [0.15, 0.2) is 18.2 Å². The van der Waals surface area contributed by atoms with E-state index in [0.717, 1.165) is 25.3 Å². The molecule has 1 aromatic rings. The lowest BCUT2D eigenvalue weighted by Crippen LogP contribution is -2.15. The molecule has 2 nitrogen and oxygen atoms in total. The summed E-state index contributed by atoms with van der Waals surface area (Å²) in [7, 11) is 4.18. The number of hydrogen-bond acceptors (Lipinski definition) is 2. The van der Waals surface area contributed by atoms with Crippen LogP contribution in [-0.2, 0) is 0 Å². The molecule has 0 amide bonds. The number of benzene rings is 1. The zero-order chi connectivity index (χ0) is 12.8. The van der Waals surface area contributed by atoms with Crippen LogP contribution in [0.4, 0.5) is 0 Å². The average Bonchev–Trinajstić information content (AvgIpc) is 2.23. The number of nitrogens with zero attached hydrogens (tertiary/aromatic N) is 1. The molecule has 0 bridgehead atoms. The molecule has 0 fully saturated rings. The Morgan fingerprint density at radius 2 is 1.94 bits per heavy atom. The molecule has 0 unspecified atom stereocenters. The van der Waals surface area contributed by atoms with Gasteiger partial charge < -0.3 is 9.64 Å². The maximum atomic E-state index is 5.90. The molecule has 0 aliphatic heterocycles. The predicted molar refractivity (Wildman–Crippen MR) is 73.9 cm³/mol. The summed E-state index contributed by atoms with van der Waals surface area (Å²) in [6.45, 7) is 8.38. The van der Waals surface area contributed by atoms with Gasteiger partial charge in [-0.05, 0) is 50.6 Å². The molecule has 0 atom stereocenters. The maximum Gasteiger partial charge on any atom is 0.122 e. The van der Waals surface area contributed by atoms with Gasteiger partial charge in [0, 0.05) is 6.54 Å². The smallest absolute Gasteiger partial charge is 0.122 e. The van der Waals surface area contributed by atoms with Crippen molar-refractivity contribution in [1.82, 2.24) is 4.90 Å². The van der Waals surface area contributed by atoms with Crippen molar-refractivity contribution in [3.63, 3.8) is 0 Å². The molecule has 96 valence electrons. The van der Waals surface area contributed by atoms with Gasteiger partial charge in [-0.1, -0.05) is 26.0 Å². The van der Waals surface area contributed by atoms with E-state index in [2.05, 4.69) is 58.0 Å². The molecule has 0 saturated carbocycles. The number of hydrogen-bond donors (Lipinski definition) is 0. The van der Waals surface area contributed by atoms with Crippen molar-refractivity contribution in [3.05, 3.63) is 29.3 Å². The van der Waals surface area contributed by atoms with Crippen LogP contribution in [0.2, 0.25) is 0 Å². The molecule has 0 aliphatic rings. The summed E-state index contributed by atoms with van der Waals surface area (Å²) >= 11 is 0. The molecule has 1 aromatic carbocycles. The van der Waals surface area contributed by atoms with Gasteiger partial charge in [0.15, 0.2) is 0 Å². The van der Waals surface area contributed by atoms with Gasteiger partial charge in [-0.25, -0.2) is 0 Å². The van der Waals surface area contributed by atoms with Gasteiger partial charge in [-0.3, -0.25) is 0 Å². The fraction of sp³-hybridized carbons (Fsp3) is 0.600. The molecular weight excluding hydrogens is 210 g/mol. The third kappa shape index (κ3) is 4.78. The minimum absolute atomic E-state index is 0.513. The van der Waals surface area contributed by atoms with Gasteiger partial charge in [-0.15, -0.1) is 0 Å². The van der Waals surface area contributed by atoms with E-state index >= 15 is 0 Å². The summed E-state index contributed by atoms with van der Waals surface area (Å²) in [5, 5.41) is 0. The highest BCUT2D eigenvalue weighted by Gasteiger charge is 2.07. The second kappa shape index (κ2) is 6.65. The zero-order valence-corrected chi connectivity index (χ0v) is 11.8. The van der Waals surface area contributed by atoms with Crippen molar-refractivity contribution in [1.29, 1.82) is 0 Å². The molecule has 0 saturated heterocycles. The van der Waals surface area contributed by atoms with Crippen molar-refractivity contribution >= 4 is 0 Å². The Hall–Kier alpha value is -1.02. The molecule has 0 spiro atoms. The summed E-state index contributed by atoms with van der Waals surface area (Å²) in [6, 6.07) is 6.48. The fourth-order valence-corrected chi connectivity index (χ4v) is 1.81. The Balaban J connectivity index is 2.59. The fourth-order valence-electron chi connectivity index (χ4n) is 1.81. The molecule has 1 rings (SSSR count). The first-order valence-electron chi connectivity index (χ1n) is 6.38. The highest BCUT2D eigenvalue weighted by Crippen LogP contribution is 2.27. The minimum atomic E-state index is 0.513. The lowest BCUT2D eigenvalue weighted by molar-refractivity contribution is 0.278. The van der Waals surface area contributed by atoms with Gasteiger partial charge in [-0.2, -0.15) is 0 Å². The van der Waals surface area contributed by atoms with E-state index < -0.39 is 0 Å². The van der Waals surface area contributed by atoms with Gasteiger partial charge >= 0.3 is 0 Å². The van der Waals surface area contributed by atoms with E-state index in [1.807, 2.05) is 0 Å². The number of aryl methyl sites for hydroxylation is 1. The Kier molecular flexibility index (Phi) is 5.49. The predicted octanol–water partition coefficient (Wildman–Crippen LogP) is 3.45. The Bertz CT molecular complexity index is 345. The van der Waals surface area contributed by atoms with E-state index in [4.69, 9.17) is 4.74 Å². The molecule has 0 aliphatic carbocycles. The van der Waals surface area contributed by atoms with Crippen molar-refractivity contribution < 1.29 is 4.74 Å². The quantitative estimate of drug-likeness (QED) is 0.700. The summed E-state index contributed by atoms with van der Waals surface area (Å²) in [5.41, 5.74) is 2.57. The Morgan fingerprint density at radius 1 is 1.24 bits per heavy atom. The monoisotopic (exact) mass is 235 g/mol. The van der Waals surface area contributed by atoms with Crippen molar-refractivity contribution in [2.45, 2.75) is 33.1 Å². The average molecular weight is 235 g/mol. The zero-order valence-electron chi connectivity index (χ0n) is 11.8. The van der Waals surface area contributed by atoms with Crippen LogP contribution in [0, 0.1) is 6.92 Å². The van der Waals surface area contributed by atoms with E-state index in [0.29, 0.717) is 5.92 Å².